The summed E-state index contributed by atoms with van der Waals surface area (Å²) in [6.45, 7) is 3.00. The highest BCUT2D eigenvalue weighted by Gasteiger charge is 2.39. The number of phenols is 1. The topological polar surface area (TPSA) is 57.1 Å². The fraction of sp³-hybridized carbons (Fsp3) is 0.650. The molecule has 0 atom stereocenters. The van der Waals surface area contributed by atoms with Gasteiger partial charge in [0, 0.05) is 32.7 Å². The lowest BCUT2D eigenvalue weighted by Gasteiger charge is -2.33. The van der Waals surface area contributed by atoms with Crippen molar-refractivity contribution in [3.8, 4) is 11.5 Å². The molecule has 0 unspecified atom stereocenters. The van der Waals surface area contributed by atoms with Crippen molar-refractivity contribution in [3.63, 3.8) is 0 Å². The summed E-state index contributed by atoms with van der Waals surface area (Å²) in [5, 5.41) is 13.5. The Balaban J connectivity index is 0.00000243. The average molecular weight is 473 g/mol. The lowest BCUT2D eigenvalue weighted by molar-refractivity contribution is 0.203. The van der Waals surface area contributed by atoms with Crippen molar-refractivity contribution in [2.24, 2.45) is 10.4 Å². The van der Waals surface area contributed by atoms with Crippen LogP contribution in [0.4, 0.5) is 0 Å². The quantitative estimate of drug-likeness (QED) is 0.397. The molecule has 26 heavy (non-hydrogen) atoms. The van der Waals surface area contributed by atoms with E-state index in [4.69, 9.17) is 4.74 Å². The lowest BCUT2D eigenvalue weighted by Crippen LogP contribution is -2.42. The van der Waals surface area contributed by atoms with Crippen LogP contribution < -0.4 is 10.1 Å². The molecule has 0 amide bonds. The Morgan fingerprint density at radius 3 is 2.69 bits per heavy atom. The first-order valence-electron chi connectivity index (χ1n) is 9.47. The smallest absolute Gasteiger partial charge is 0.193 e. The molecular formula is C20H32IN3O2. The van der Waals surface area contributed by atoms with E-state index in [0.29, 0.717) is 16.9 Å². The van der Waals surface area contributed by atoms with E-state index in [9.17, 15) is 5.11 Å². The van der Waals surface area contributed by atoms with Gasteiger partial charge in [-0.2, -0.15) is 0 Å². The Hall–Kier alpha value is -1.18. The minimum Gasteiger partial charge on any atom is -0.508 e. The SMILES string of the molecule is CN=C(NCCc1ccc(OC)cc1O)N1CCC2(CCCCC2)C1.I. The number of halogens is 1. The summed E-state index contributed by atoms with van der Waals surface area (Å²) in [5.41, 5.74) is 1.46. The molecule has 1 aromatic rings. The van der Waals surface area contributed by atoms with Gasteiger partial charge >= 0.3 is 0 Å². The number of aliphatic imine (C=N–C) groups is 1. The highest BCUT2D eigenvalue weighted by atomic mass is 127. The number of hydrogen-bond donors (Lipinski definition) is 2. The van der Waals surface area contributed by atoms with Crippen LogP contribution >= 0.6 is 24.0 Å². The number of likely N-dealkylation sites (tertiary alicyclic amines) is 1. The van der Waals surface area contributed by atoms with Crippen molar-refractivity contribution in [2.75, 3.05) is 33.8 Å². The molecule has 0 aromatic heterocycles. The number of aromatic hydroxyl groups is 1. The maximum atomic E-state index is 10.1. The van der Waals surface area contributed by atoms with Gasteiger partial charge in [-0.3, -0.25) is 4.99 Å². The third-order valence-corrected chi connectivity index (χ3v) is 5.83. The summed E-state index contributed by atoms with van der Waals surface area (Å²) >= 11 is 0. The molecule has 1 spiro atoms. The van der Waals surface area contributed by atoms with Gasteiger partial charge in [0.1, 0.15) is 11.5 Å². The minimum atomic E-state index is 0. The normalized spacial score (nSPS) is 19.3. The lowest BCUT2D eigenvalue weighted by atomic mass is 9.73. The van der Waals surface area contributed by atoms with Crippen LogP contribution in [0.2, 0.25) is 0 Å². The Bertz CT molecular complexity index is 615. The fourth-order valence-electron chi connectivity index (χ4n) is 4.35. The summed E-state index contributed by atoms with van der Waals surface area (Å²) < 4.78 is 5.13. The highest BCUT2D eigenvalue weighted by molar-refractivity contribution is 14.0. The van der Waals surface area contributed by atoms with Crippen LogP contribution in [-0.4, -0.2) is 49.8 Å². The number of nitrogens with zero attached hydrogens (tertiary/aromatic N) is 2. The zero-order chi connectivity index (χ0) is 17.7. The fourth-order valence-corrected chi connectivity index (χ4v) is 4.35. The standard InChI is InChI=1S/C20H31N3O2.HI/c1-21-19(23-13-11-20(15-23)9-4-3-5-10-20)22-12-8-16-6-7-17(25-2)14-18(16)24;/h6-7,14,24H,3-5,8-13,15H2,1-2H3,(H,21,22);1H. The van der Waals surface area contributed by atoms with Crippen molar-refractivity contribution >= 4 is 29.9 Å². The van der Waals surface area contributed by atoms with Crippen LogP contribution in [0.25, 0.3) is 0 Å². The predicted molar refractivity (Wildman–Crippen MR) is 117 cm³/mol. The highest BCUT2D eigenvalue weighted by Crippen LogP contribution is 2.43. The van der Waals surface area contributed by atoms with Crippen molar-refractivity contribution in [1.82, 2.24) is 10.2 Å². The van der Waals surface area contributed by atoms with Gasteiger partial charge in [0.15, 0.2) is 5.96 Å². The second kappa shape index (κ2) is 9.67. The predicted octanol–water partition coefficient (Wildman–Crippen LogP) is 3.79. The number of rotatable bonds is 4. The van der Waals surface area contributed by atoms with Gasteiger partial charge in [-0.05, 0) is 42.7 Å². The molecule has 2 fully saturated rings. The summed E-state index contributed by atoms with van der Waals surface area (Å²) in [5.74, 6) is 1.97. The molecule has 1 heterocycles. The van der Waals surface area contributed by atoms with Gasteiger partial charge in [0.25, 0.3) is 0 Å². The van der Waals surface area contributed by atoms with E-state index in [1.807, 2.05) is 19.2 Å². The number of phenolic OH excluding ortho intramolecular Hbond substituents is 1. The van der Waals surface area contributed by atoms with Crippen molar-refractivity contribution in [2.45, 2.75) is 44.9 Å². The summed E-state index contributed by atoms with van der Waals surface area (Å²) in [4.78, 5) is 6.89. The van der Waals surface area contributed by atoms with E-state index in [0.717, 1.165) is 37.6 Å². The molecule has 0 radical (unpaired) electrons. The number of guanidine groups is 1. The second-order valence-corrected chi connectivity index (χ2v) is 7.45. The Morgan fingerprint density at radius 1 is 1.27 bits per heavy atom. The van der Waals surface area contributed by atoms with Crippen LogP contribution in [0.3, 0.4) is 0 Å². The average Bonchev–Trinajstić information content (AvgIpc) is 3.03. The molecule has 1 aliphatic heterocycles. The van der Waals surface area contributed by atoms with Gasteiger partial charge in [-0.25, -0.2) is 0 Å². The van der Waals surface area contributed by atoms with E-state index >= 15 is 0 Å². The van der Waals surface area contributed by atoms with E-state index in [1.165, 1.54) is 38.5 Å². The summed E-state index contributed by atoms with van der Waals surface area (Å²) in [6, 6.07) is 5.47. The third kappa shape index (κ3) is 4.96. The molecule has 2 N–H and O–H groups in total. The first-order valence-corrected chi connectivity index (χ1v) is 9.47. The number of hydrogen-bond acceptors (Lipinski definition) is 3. The molecule has 3 rings (SSSR count). The van der Waals surface area contributed by atoms with Crippen LogP contribution in [0.15, 0.2) is 23.2 Å². The summed E-state index contributed by atoms with van der Waals surface area (Å²) in [7, 11) is 3.47. The molecule has 1 saturated carbocycles. The molecule has 1 saturated heterocycles. The van der Waals surface area contributed by atoms with E-state index < -0.39 is 0 Å². The largest absolute Gasteiger partial charge is 0.508 e. The summed E-state index contributed by atoms with van der Waals surface area (Å²) in [6.07, 6.45) is 8.98. The van der Waals surface area contributed by atoms with E-state index in [-0.39, 0.29) is 24.0 Å². The van der Waals surface area contributed by atoms with Crippen LogP contribution in [0, 0.1) is 5.41 Å². The Labute approximate surface area is 174 Å². The third-order valence-electron chi connectivity index (χ3n) is 5.83. The number of nitrogens with one attached hydrogen (secondary N) is 1. The maximum Gasteiger partial charge on any atom is 0.193 e. The monoisotopic (exact) mass is 473 g/mol. The number of benzene rings is 1. The molecule has 6 heteroatoms. The van der Waals surface area contributed by atoms with Crippen molar-refractivity contribution in [1.29, 1.82) is 0 Å². The first kappa shape index (κ1) is 21.1. The molecule has 1 aliphatic carbocycles. The van der Waals surface area contributed by atoms with Crippen molar-refractivity contribution in [3.05, 3.63) is 23.8 Å². The molecule has 2 aliphatic rings. The van der Waals surface area contributed by atoms with Crippen LogP contribution in [0.5, 0.6) is 11.5 Å². The molecule has 0 bridgehead atoms. The maximum absolute atomic E-state index is 10.1. The minimum absolute atomic E-state index is 0. The Kier molecular flexibility index (Phi) is 7.85. The Morgan fingerprint density at radius 2 is 2.04 bits per heavy atom. The van der Waals surface area contributed by atoms with Gasteiger partial charge in [-0.1, -0.05) is 25.3 Å². The van der Waals surface area contributed by atoms with Gasteiger partial charge in [-0.15, -0.1) is 24.0 Å². The molecule has 146 valence electrons. The van der Waals surface area contributed by atoms with E-state index in [1.54, 1.807) is 13.2 Å². The first-order chi connectivity index (χ1) is 12.2. The van der Waals surface area contributed by atoms with Crippen LogP contribution in [-0.2, 0) is 6.42 Å². The van der Waals surface area contributed by atoms with Gasteiger partial charge in [0.05, 0.1) is 7.11 Å². The van der Waals surface area contributed by atoms with Gasteiger partial charge < -0.3 is 20.1 Å². The van der Waals surface area contributed by atoms with E-state index in [2.05, 4.69) is 15.2 Å². The molecule has 1 aromatic carbocycles. The molecular weight excluding hydrogens is 441 g/mol. The number of ether oxygens (including phenoxy) is 1. The number of methoxy groups -OCH3 is 1. The second-order valence-electron chi connectivity index (χ2n) is 7.45. The van der Waals surface area contributed by atoms with Gasteiger partial charge in [0.2, 0.25) is 0 Å². The molecule has 5 nitrogen and oxygen atoms in total. The zero-order valence-corrected chi connectivity index (χ0v) is 18.3. The zero-order valence-electron chi connectivity index (χ0n) is 16.0. The van der Waals surface area contributed by atoms with Crippen LogP contribution in [0.1, 0.15) is 44.1 Å². The van der Waals surface area contributed by atoms with Crippen molar-refractivity contribution < 1.29 is 9.84 Å².